The summed E-state index contributed by atoms with van der Waals surface area (Å²) in [5.74, 6) is 0.626. The zero-order valence-electron chi connectivity index (χ0n) is 22.1. The number of fused-ring (bicyclic) bond motifs is 1. The van der Waals surface area contributed by atoms with Gasteiger partial charge in [0, 0.05) is 29.7 Å². The van der Waals surface area contributed by atoms with Gasteiger partial charge >= 0.3 is 0 Å². The van der Waals surface area contributed by atoms with Gasteiger partial charge in [0.1, 0.15) is 5.65 Å². The van der Waals surface area contributed by atoms with E-state index in [9.17, 15) is 13.2 Å². The zero-order valence-corrected chi connectivity index (χ0v) is 22.9. The molecule has 200 valence electrons. The van der Waals surface area contributed by atoms with E-state index in [4.69, 9.17) is 4.98 Å². The number of pyridine rings is 1. The van der Waals surface area contributed by atoms with Crippen molar-refractivity contribution in [2.75, 3.05) is 29.9 Å². The van der Waals surface area contributed by atoms with Gasteiger partial charge in [0.25, 0.3) is 5.56 Å². The summed E-state index contributed by atoms with van der Waals surface area (Å²) in [5.41, 5.74) is 1.01. The van der Waals surface area contributed by atoms with Gasteiger partial charge in [0.2, 0.25) is 16.0 Å². The van der Waals surface area contributed by atoms with Crippen molar-refractivity contribution in [1.29, 1.82) is 0 Å². The summed E-state index contributed by atoms with van der Waals surface area (Å²) in [6, 6.07) is 2.47. The second kappa shape index (κ2) is 11.1. The quantitative estimate of drug-likeness (QED) is 0.429. The molecular weight excluding hydrogens is 492 g/mol. The Labute approximate surface area is 217 Å². The topological polar surface area (TPSA) is 135 Å². The number of aromatic nitrogens is 5. The number of hydrogen-bond acceptors (Lipinski definition) is 9. The lowest BCUT2D eigenvalue weighted by Crippen LogP contribution is -2.36. The highest BCUT2D eigenvalue weighted by molar-refractivity contribution is 7.92. The lowest BCUT2D eigenvalue weighted by Gasteiger charge is -2.33. The van der Waals surface area contributed by atoms with Gasteiger partial charge in [-0.15, -0.1) is 0 Å². The van der Waals surface area contributed by atoms with E-state index in [0.717, 1.165) is 25.7 Å². The lowest BCUT2D eigenvalue weighted by molar-refractivity contribution is 0.221. The largest absolute Gasteiger partial charge is 0.351 e. The molecule has 0 atom stereocenters. The van der Waals surface area contributed by atoms with Crippen LogP contribution in [0, 0.1) is 0 Å². The van der Waals surface area contributed by atoms with Gasteiger partial charge in [-0.25, -0.2) is 18.4 Å². The van der Waals surface area contributed by atoms with Crippen molar-refractivity contribution in [3.05, 3.63) is 35.0 Å². The minimum absolute atomic E-state index is 0.00556. The Balaban J connectivity index is 1.62. The first-order valence-electron chi connectivity index (χ1n) is 12.8. The Hall–Kier alpha value is -3.12. The van der Waals surface area contributed by atoms with Crippen molar-refractivity contribution < 1.29 is 8.42 Å². The molecule has 0 spiro atoms. The van der Waals surface area contributed by atoms with Crippen LogP contribution in [0.15, 0.2) is 29.5 Å². The highest BCUT2D eigenvalue weighted by Gasteiger charge is 2.23. The Morgan fingerprint density at radius 3 is 2.41 bits per heavy atom. The van der Waals surface area contributed by atoms with E-state index in [2.05, 4.69) is 44.0 Å². The molecule has 12 heteroatoms. The molecule has 4 rings (SSSR count). The first kappa shape index (κ1) is 26.9. The average Bonchev–Trinajstić information content (AvgIpc) is 2.84. The van der Waals surface area contributed by atoms with Crippen LogP contribution in [0.4, 0.5) is 11.8 Å². The zero-order chi connectivity index (χ0) is 26.7. The molecule has 37 heavy (non-hydrogen) atoms. The van der Waals surface area contributed by atoms with Crippen LogP contribution in [0.1, 0.15) is 58.9 Å². The molecule has 0 saturated heterocycles. The molecule has 0 aromatic carbocycles. The smallest absolute Gasteiger partial charge is 0.261 e. The Morgan fingerprint density at radius 2 is 1.81 bits per heavy atom. The highest BCUT2D eigenvalue weighted by Crippen LogP contribution is 2.25. The molecule has 0 aliphatic heterocycles. The highest BCUT2D eigenvalue weighted by atomic mass is 32.2. The summed E-state index contributed by atoms with van der Waals surface area (Å²) in [6.45, 7) is 5.64. The second-order valence-electron chi connectivity index (χ2n) is 10.1. The minimum Gasteiger partial charge on any atom is -0.351 e. The molecule has 1 saturated carbocycles. The van der Waals surface area contributed by atoms with E-state index in [-0.39, 0.29) is 23.2 Å². The van der Waals surface area contributed by atoms with Crippen molar-refractivity contribution in [3.8, 4) is 11.3 Å². The third-order valence-electron chi connectivity index (χ3n) is 6.71. The molecule has 2 N–H and O–H groups in total. The van der Waals surface area contributed by atoms with Crippen LogP contribution in [-0.4, -0.2) is 69.8 Å². The van der Waals surface area contributed by atoms with E-state index in [1.807, 2.05) is 13.8 Å². The third-order valence-corrected chi connectivity index (χ3v) is 8.18. The summed E-state index contributed by atoms with van der Waals surface area (Å²) in [7, 11) is 0.767. The Morgan fingerprint density at radius 1 is 1.08 bits per heavy atom. The van der Waals surface area contributed by atoms with E-state index in [0.29, 0.717) is 46.7 Å². The van der Waals surface area contributed by atoms with Crippen LogP contribution in [0.2, 0.25) is 0 Å². The molecule has 0 bridgehead atoms. The average molecular weight is 529 g/mol. The standard InChI is InChI=1S/C25H36N8O3S/c1-6-11-37(35,36)31-22-15-26-21(14-27-22)20-12-17-13-28-25(30-23(17)33(16(2)3)24(20)34)29-18-7-9-19(10-8-18)32(4)5/h12-16,18-19H,6-11H2,1-5H3,(H,27,31)(H,28,29,30)/t18-,19-. The lowest BCUT2D eigenvalue weighted by atomic mass is 9.91. The number of rotatable bonds is 9. The molecule has 11 nitrogen and oxygen atoms in total. The van der Waals surface area contributed by atoms with E-state index < -0.39 is 10.0 Å². The van der Waals surface area contributed by atoms with E-state index in [1.54, 1.807) is 23.8 Å². The molecule has 3 heterocycles. The molecule has 0 amide bonds. The van der Waals surface area contributed by atoms with Gasteiger partial charge < -0.3 is 10.2 Å². The summed E-state index contributed by atoms with van der Waals surface area (Å²) >= 11 is 0. The van der Waals surface area contributed by atoms with Crippen LogP contribution >= 0.6 is 0 Å². The number of sulfonamides is 1. The third kappa shape index (κ3) is 6.24. The van der Waals surface area contributed by atoms with Gasteiger partial charge in [-0.3, -0.25) is 19.1 Å². The summed E-state index contributed by atoms with van der Waals surface area (Å²) < 4.78 is 28.1. The maximum absolute atomic E-state index is 13.5. The van der Waals surface area contributed by atoms with Crippen molar-refractivity contribution in [1.82, 2.24) is 29.4 Å². The molecule has 1 aliphatic carbocycles. The van der Waals surface area contributed by atoms with Crippen molar-refractivity contribution >= 4 is 32.8 Å². The summed E-state index contributed by atoms with van der Waals surface area (Å²) in [6.07, 6.45) is 9.27. The Kier molecular flexibility index (Phi) is 8.08. The molecular formula is C25H36N8O3S. The van der Waals surface area contributed by atoms with Crippen LogP contribution in [0.25, 0.3) is 22.3 Å². The minimum atomic E-state index is -3.48. The normalized spacial score (nSPS) is 18.5. The first-order valence-corrected chi connectivity index (χ1v) is 14.4. The molecule has 3 aromatic rings. The molecule has 0 unspecified atom stereocenters. The van der Waals surface area contributed by atoms with E-state index >= 15 is 0 Å². The van der Waals surface area contributed by atoms with Crippen LogP contribution in [-0.2, 0) is 10.0 Å². The van der Waals surface area contributed by atoms with Crippen molar-refractivity contribution in [2.24, 2.45) is 0 Å². The molecule has 3 aromatic heterocycles. The van der Waals surface area contributed by atoms with Crippen molar-refractivity contribution in [2.45, 2.75) is 71.0 Å². The molecule has 0 radical (unpaired) electrons. The number of anilines is 2. The van der Waals surface area contributed by atoms with Crippen LogP contribution < -0.4 is 15.6 Å². The maximum atomic E-state index is 13.5. The summed E-state index contributed by atoms with van der Waals surface area (Å²) in [4.78, 5) is 33.5. The van der Waals surface area contributed by atoms with Gasteiger partial charge in [0.15, 0.2) is 5.82 Å². The Bertz CT molecular complexity index is 1400. The second-order valence-corrected chi connectivity index (χ2v) is 12.0. The summed E-state index contributed by atoms with van der Waals surface area (Å²) in [5, 5.41) is 4.17. The van der Waals surface area contributed by atoms with Gasteiger partial charge in [-0.1, -0.05) is 6.92 Å². The van der Waals surface area contributed by atoms with Crippen LogP contribution in [0.5, 0.6) is 0 Å². The SMILES string of the molecule is CCCS(=O)(=O)Nc1cnc(-c2cc3cnc(N[C@H]4CC[C@H](N(C)C)CC4)nc3n(C(C)C)c2=O)cn1. The van der Waals surface area contributed by atoms with Gasteiger partial charge in [-0.05, 0) is 66.1 Å². The maximum Gasteiger partial charge on any atom is 0.261 e. The first-order chi connectivity index (χ1) is 17.6. The fourth-order valence-corrected chi connectivity index (χ4v) is 5.83. The van der Waals surface area contributed by atoms with Gasteiger partial charge in [0.05, 0.1) is 29.4 Å². The monoisotopic (exact) mass is 528 g/mol. The predicted octanol–water partition coefficient (Wildman–Crippen LogP) is 3.27. The number of hydrogen-bond donors (Lipinski definition) is 2. The predicted molar refractivity (Wildman–Crippen MR) is 146 cm³/mol. The van der Waals surface area contributed by atoms with Crippen molar-refractivity contribution in [3.63, 3.8) is 0 Å². The van der Waals surface area contributed by atoms with E-state index in [1.165, 1.54) is 12.4 Å². The van der Waals surface area contributed by atoms with Gasteiger partial charge in [-0.2, -0.15) is 4.98 Å². The van der Waals surface area contributed by atoms with Crippen LogP contribution in [0.3, 0.4) is 0 Å². The number of nitrogens with one attached hydrogen (secondary N) is 2. The molecule has 1 fully saturated rings. The fraction of sp³-hybridized carbons (Fsp3) is 0.560. The number of nitrogens with zero attached hydrogens (tertiary/aromatic N) is 6. The fourth-order valence-electron chi connectivity index (χ4n) is 4.77. The molecule has 1 aliphatic rings.